The molecular formula is C16H17N3O7. The largest absolute Gasteiger partial charge is 0.445 e. The Bertz CT molecular complexity index is 704. The summed E-state index contributed by atoms with van der Waals surface area (Å²) in [5.41, 5.74) is 5.86. The van der Waals surface area contributed by atoms with Crippen molar-refractivity contribution in [1.29, 1.82) is 0 Å². The molecule has 0 spiro atoms. The summed E-state index contributed by atoms with van der Waals surface area (Å²) >= 11 is 0. The first-order valence-electron chi connectivity index (χ1n) is 7.70. The van der Waals surface area contributed by atoms with Crippen LogP contribution in [0.3, 0.4) is 0 Å². The molecular weight excluding hydrogens is 346 g/mol. The van der Waals surface area contributed by atoms with Gasteiger partial charge in [-0.2, -0.15) is 0 Å². The minimum absolute atomic E-state index is 0.0423. The van der Waals surface area contributed by atoms with Crippen molar-refractivity contribution in [3.63, 3.8) is 0 Å². The number of imide groups is 1. The van der Waals surface area contributed by atoms with Crippen molar-refractivity contribution >= 4 is 29.8 Å². The number of ether oxygens (including phenoxy) is 1. The van der Waals surface area contributed by atoms with Crippen LogP contribution in [0.2, 0.25) is 0 Å². The predicted molar refractivity (Wildman–Crippen MR) is 84.5 cm³/mol. The first-order chi connectivity index (χ1) is 12.4. The van der Waals surface area contributed by atoms with Gasteiger partial charge in [-0.1, -0.05) is 30.3 Å². The highest BCUT2D eigenvalue weighted by Gasteiger charge is 2.34. The fraction of sp³-hybridized carbons (Fsp3) is 0.312. The van der Waals surface area contributed by atoms with E-state index in [0.29, 0.717) is 5.06 Å². The molecule has 1 fully saturated rings. The second kappa shape index (κ2) is 8.60. The number of nitrogens with two attached hydrogens (primary N) is 1. The molecule has 4 amide bonds. The lowest BCUT2D eigenvalue weighted by Crippen LogP contribution is -2.46. The maximum absolute atomic E-state index is 11.8. The topological polar surface area (TPSA) is 145 Å². The molecule has 138 valence electrons. The Hall–Kier alpha value is -3.43. The van der Waals surface area contributed by atoms with E-state index in [1.54, 1.807) is 30.3 Å². The van der Waals surface area contributed by atoms with Crippen LogP contribution in [0.4, 0.5) is 4.79 Å². The first-order valence-corrected chi connectivity index (χ1v) is 7.70. The molecule has 1 aromatic rings. The smallest absolute Gasteiger partial charge is 0.408 e. The Morgan fingerprint density at radius 1 is 1.12 bits per heavy atom. The lowest BCUT2D eigenvalue weighted by molar-refractivity contribution is -0.197. The van der Waals surface area contributed by atoms with Crippen LogP contribution in [0, 0.1) is 0 Å². The molecule has 10 heteroatoms. The van der Waals surface area contributed by atoms with Crippen molar-refractivity contribution in [1.82, 2.24) is 10.4 Å². The number of nitrogens with zero attached hydrogens (tertiary/aromatic N) is 1. The minimum atomic E-state index is -1.42. The molecule has 1 aromatic carbocycles. The van der Waals surface area contributed by atoms with E-state index < -0.39 is 42.2 Å². The van der Waals surface area contributed by atoms with Crippen LogP contribution >= 0.6 is 0 Å². The monoisotopic (exact) mass is 363 g/mol. The Morgan fingerprint density at radius 3 is 2.31 bits per heavy atom. The molecule has 0 aromatic heterocycles. The average Bonchev–Trinajstić information content (AvgIpc) is 2.92. The van der Waals surface area contributed by atoms with Crippen molar-refractivity contribution in [2.75, 3.05) is 0 Å². The SMILES string of the molecule is NC(=O)[C@H](CC(=O)ON1C(=O)CCC1=O)NC(=O)OCc1ccccc1. The van der Waals surface area contributed by atoms with E-state index >= 15 is 0 Å². The zero-order valence-electron chi connectivity index (χ0n) is 13.7. The quantitative estimate of drug-likeness (QED) is 0.636. The number of hydroxylamine groups is 2. The van der Waals surface area contributed by atoms with E-state index in [0.717, 1.165) is 5.56 Å². The zero-order valence-corrected chi connectivity index (χ0v) is 13.7. The molecule has 1 aliphatic rings. The van der Waals surface area contributed by atoms with Crippen LogP contribution in [-0.2, 0) is 35.4 Å². The van der Waals surface area contributed by atoms with E-state index in [9.17, 15) is 24.0 Å². The van der Waals surface area contributed by atoms with Gasteiger partial charge in [-0.15, -0.1) is 5.06 Å². The Balaban J connectivity index is 1.84. The van der Waals surface area contributed by atoms with Gasteiger partial charge in [0.25, 0.3) is 11.8 Å². The summed E-state index contributed by atoms with van der Waals surface area (Å²) in [6.07, 6.45) is -1.74. The van der Waals surface area contributed by atoms with Crippen LogP contribution in [-0.4, -0.2) is 40.9 Å². The van der Waals surface area contributed by atoms with Crippen molar-refractivity contribution in [3.05, 3.63) is 35.9 Å². The summed E-state index contributed by atoms with van der Waals surface area (Å²) in [4.78, 5) is 62.3. The lowest BCUT2D eigenvalue weighted by Gasteiger charge is -2.17. The third kappa shape index (κ3) is 5.30. The van der Waals surface area contributed by atoms with Gasteiger partial charge < -0.3 is 20.6 Å². The molecule has 0 radical (unpaired) electrons. The van der Waals surface area contributed by atoms with E-state index in [4.69, 9.17) is 10.5 Å². The van der Waals surface area contributed by atoms with E-state index in [-0.39, 0.29) is 19.4 Å². The van der Waals surface area contributed by atoms with Crippen LogP contribution < -0.4 is 11.1 Å². The molecule has 0 aliphatic carbocycles. The van der Waals surface area contributed by atoms with Gasteiger partial charge in [-0.05, 0) is 5.56 Å². The highest BCUT2D eigenvalue weighted by molar-refractivity contribution is 6.01. The molecule has 0 unspecified atom stereocenters. The second-order valence-electron chi connectivity index (χ2n) is 5.41. The Morgan fingerprint density at radius 2 is 1.73 bits per heavy atom. The highest BCUT2D eigenvalue weighted by Crippen LogP contribution is 2.13. The number of alkyl carbamates (subject to hydrolysis) is 1. The van der Waals surface area contributed by atoms with Gasteiger partial charge in [-0.25, -0.2) is 9.59 Å². The molecule has 0 bridgehead atoms. The summed E-state index contributed by atoms with van der Waals surface area (Å²) in [5, 5.41) is 2.48. The number of hydrogen-bond acceptors (Lipinski definition) is 7. The van der Waals surface area contributed by atoms with E-state index in [2.05, 4.69) is 10.2 Å². The van der Waals surface area contributed by atoms with Gasteiger partial charge in [0.15, 0.2) is 0 Å². The van der Waals surface area contributed by atoms with Crippen molar-refractivity contribution in [2.24, 2.45) is 5.73 Å². The van der Waals surface area contributed by atoms with Crippen molar-refractivity contribution in [2.45, 2.75) is 31.9 Å². The normalized spacial score (nSPS) is 14.7. The third-order valence-corrected chi connectivity index (χ3v) is 3.42. The number of rotatable bonds is 7. The Labute approximate surface area is 148 Å². The molecule has 3 N–H and O–H groups in total. The number of amides is 4. The standard InChI is InChI=1S/C16H17N3O7/c17-15(23)11(8-14(22)26-19-12(20)6-7-13(19)21)18-16(24)25-9-10-4-2-1-3-5-10/h1-5,11H,6-9H2,(H2,17,23)(H,18,24)/t11-/m0/s1. The van der Waals surface area contributed by atoms with Crippen LogP contribution in [0.1, 0.15) is 24.8 Å². The molecule has 1 saturated heterocycles. The number of carbonyl (C=O) groups is 5. The van der Waals surface area contributed by atoms with Gasteiger partial charge in [0, 0.05) is 12.8 Å². The first kappa shape index (κ1) is 18.9. The third-order valence-electron chi connectivity index (χ3n) is 3.42. The van der Waals surface area contributed by atoms with Gasteiger partial charge in [0.1, 0.15) is 12.6 Å². The van der Waals surface area contributed by atoms with Gasteiger partial charge in [-0.3, -0.25) is 14.4 Å². The fourth-order valence-electron chi connectivity index (χ4n) is 2.09. The van der Waals surface area contributed by atoms with Gasteiger partial charge >= 0.3 is 12.1 Å². The summed E-state index contributed by atoms with van der Waals surface area (Å²) in [6.45, 7) is -0.0423. The van der Waals surface area contributed by atoms with E-state index in [1.807, 2.05) is 0 Å². The number of benzene rings is 1. The summed E-state index contributed by atoms with van der Waals surface area (Å²) in [5.74, 6) is -3.39. The molecule has 0 saturated carbocycles. The lowest BCUT2D eigenvalue weighted by atomic mass is 10.2. The van der Waals surface area contributed by atoms with E-state index in [1.165, 1.54) is 0 Å². The number of primary amides is 1. The zero-order chi connectivity index (χ0) is 19.1. The van der Waals surface area contributed by atoms with Crippen LogP contribution in [0.25, 0.3) is 0 Å². The maximum atomic E-state index is 11.8. The Kier molecular flexibility index (Phi) is 6.25. The highest BCUT2D eigenvalue weighted by atomic mass is 16.7. The summed E-state index contributed by atoms with van der Waals surface area (Å²) in [6, 6.07) is 7.38. The van der Waals surface area contributed by atoms with Crippen LogP contribution in [0.15, 0.2) is 30.3 Å². The molecule has 2 rings (SSSR count). The van der Waals surface area contributed by atoms with Crippen molar-refractivity contribution in [3.8, 4) is 0 Å². The summed E-state index contributed by atoms with van der Waals surface area (Å²) in [7, 11) is 0. The van der Waals surface area contributed by atoms with Gasteiger partial charge in [0.05, 0.1) is 6.42 Å². The molecule has 1 aliphatic heterocycles. The molecule has 26 heavy (non-hydrogen) atoms. The van der Waals surface area contributed by atoms with Gasteiger partial charge in [0.2, 0.25) is 5.91 Å². The van der Waals surface area contributed by atoms with Crippen LogP contribution in [0.5, 0.6) is 0 Å². The molecule has 10 nitrogen and oxygen atoms in total. The molecule has 1 heterocycles. The number of nitrogens with one attached hydrogen (secondary N) is 1. The maximum Gasteiger partial charge on any atom is 0.408 e. The predicted octanol–water partition coefficient (Wildman–Crippen LogP) is -0.236. The number of hydrogen-bond donors (Lipinski definition) is 2. The second-order valence-corrected chi connectivity index (χ2v) is 5.41. The number of carbonyl (C=O) groups excluding carboxylic acids is 5. The minimum Gasteiger partial charge on any atom is -0.445 e. The van der Waals surface area contributed by atoms with Crippen molar-refractivity contribution < 1.29 is 33.5 Å². The average molecular weight is 363 g/mol. The molecule has 1 atom stereocenters. The fourth-order valence-corrected chi connectivity index (χ4v) is 2.09. The summed E-state index contributed by atoms with van der Waals surface area (Å²) < 4.78 is 4.93.